The molecule has 3 atom stereocenters. The third-order valence-electron chi connectivity index (χ3n) is 2.66. The number of halogens is 3. The molecule has 1 aliphatic rings. The van der Waals surface area contributed by atoms with Crippen LogP contribution in [0.5, 0.6) is 0 Å². The minimum atomic E-state index is -4.08. The fourth-order valence-corrected chi connectivity index (χ4v) is 1.98. The third kappa shape index (κ3) is 1.91. The summed E-state index contributed by atoms with van der Waals surface area (Å²) in [7, 11) is 0. The van der Waals surface area contributed by atoms with Crippen molar-refractivity contribution in [1.82, 2.24) is 0 Å². The molecule has 0 aromatic carbocycles. The first-order valence-electron chi connectivity index (χ1n) is 4.12. The van der Waals surface area contributed by atoms with E-state index in [4.69, 9.17) is 5.11 Å². The van der Waals surface area contributed by atoms with Gasteiger partial charge in [-0.3, -0.25) is 0 Å². The summed E-state index contributed by atoms with van der Waals surface area (Å²) in [5.74, 6) is -1.68. The van der Waals surface area contributed by atoms with Crippen molar-refractivity contribution in [3.05, 3.63) is 0 Å². The van der Waals surface area contributed by atoms with Crippen LogP contribution < -0.4 is 0 Å². The third-order valence-corrected chi connectivity index (χ3v) is 2.66. The Morgan fingerprint density at radius 2 is 1.92 bits per heavy atom. The molecule has 1 rings (SSSR count). The Hall–Kier alpha value is -0.250. The highest BCUT2D eigenvalue weighted by Crippen LogP contribution is 2.45. The van der Waals surface area contributed by atoms with E-state index in [9.17, 15) is 13.2 Å². The number of aliphatic hydroxyl groups excluding tert-OH is 1. The van der Waals surface area contributed by atoms with E-state index in [-0.39, 0.29) is 24.9 Å². The van der Waals surface area contributed by atoms with Gasteiger partial charge in [0.1, 0.15) is 0 Å². The van der Waals surface area contributed by atoms with Gasteiger partial charge in [-0.25, -0.2) is 0 Å². The van der Waals surface area contributed by atoms with Crippen molar-refractivity contribution in [2.75, 3.05) is 6.61 Å². The second-order valence-corrected chi connectivity index (χ2v) is 3.65. The molecular weight excluding hydrogens is 169 g/mol. The summed E-state index contributed by atoms with van der Waals surface area (Å²) < 4.78 is 36.7. The first kappa shape index (κ1) is 9.84. The van der Waals surface area contributed by atoms with Crippen LogP contribution in [0.2, 0.25) is 0 Å². The molecule has 0 aliphatic heterocycles. The lowest BCUT2D eigenvalue weighted by molar-refractivity contribution is -0.182. The smallest absolute Gasteiger partial charge is 0.392 e. The molecule has 0 bridgehead atoms. The van der Waals surface area contributed by atoms with Crippen LogP contribution in [0.15, 0.2) is 0 Å². The SMILES string of the molecule is C[C@@H]1C[C@H](CO)C[C@@H]1C(F)(F)F. The number of aliphatic hydroxyl groups is 1. The lowest BCUT2D eigenvalue weighted by Crippen LogP contribution is -2.24. The Bertz CT molecular complexity index is 155. The minimum absolute atomic E-state index is 0.0984. The molecule has 1 saturated carbocycles. The van der Waals surface area contributed by atoms with Gasteiger partial charge in [0, 0.05) is 6.61 Å². The average molecular weight is 182 g/mol. The van der Waals surface area contributed by atoms with Gasteiger partial charge in [-0.2, -0.15) is 13.2 Å². The van der Waals surface area contributed by atoms with Crippen molar-refractivity contribution in [2.45, 2.75) is 25.9 Å². The molecule has 1 N–H and O–H groups in total. The second-order valence-electron chi connectivity index (χ2n) is 3.65. The molecule has 72 valence electrons. The van der Waals surface area contributed by atoms with Gasteiger partial charge >= 0.3 is 6.18 Å². The van der Waals surface area contributed by atoms with Crippen molar-refractivity contribution in [3.8, 4) is 0 Å². The molecule has 1 fully saturated rings. The number of hydrogen-bond donors (Lipinski definition) is 1. The van der Waals surface area contributed by atoms with Gasteiger partial charge in [0.05, 0.1) is 5.92 Å². The summed E-state index contributed by atoms with van der Waals surface area (Å²) in [5, 5.41) is 8.70. The van der Waals surface area contributed by atoms with Crippen molar-refractivity contribution < 1.29 is 18.3 Å². The molecule has 0 heterocycles. The first-order valence-corrected chi connectivity index (χ1v) is 4.12. The quantitative estimate of drug-likeness (QED) is 0.659. The maximum atomic E-state index is 12.2. The van der Waals surface area contributed by atoms with E-state index in [1.165, 1.54) is 0 Å². The molecule has 4 heteroatoms. The largest absolute Gasteiger partial charge is 0.396 e. The van der Waals surface area contributed by atoms with Crippen LogP contribution in [0.1, 0.15) is 19.8 Å². The predicted octanol–water partition coefficient (Wildman–Crippen LogP) is 2.20. The monoisotopic (exact) mass is 182 g/mol. The van der Waals surface area contributed by atoms with Gasteiger partial charge < -0.3 is 5.11 Å². The van der Waals surface area contributed by atoms with E-state index in [1.54, 1.807) is 6.92 Å². The van der Waals surface area contributed by atoms with Crippen molar-refractivity contribution in [1.29, 1.82) is 0 Å². The van der Waals surface area contributed by atoms with Gasteiger partial charge in [-0.1, -0.05) is 6.92 Å². The fourth-order valence-electron chi connectivity index (χ4n) is 1.98. The van der Waals surface area contributed by atoms with Crippen LogP contribution in [-0.2, 0) is 0 Å². The molecule has 1 aliphatic carbocycles. The molecule has 0 saturated heterocycles. The summed E-state index contributed by atoms with van der Waals surface area (Å²) in [6, 6.07) is 0. The predicted molar refractivity (Wildman–Crippen MR) is 38.5 cm³/mol. The molecule has 0 aromatic rings. The summed E-state index contributed by atoms with van der Waals surface area (Å²) in [6.07, 6.45) is -3.48. The van der Waals surface area contributed by atoms with Crippen LogP contribution in [0.4, 0.5) is 13.2 Å². The van der Waals surface area contributed by atoms with Crippen LogP contribution in [0.3, 0.4) is 0 Å². The topological polar surface area (TPSA) is 20.2 Å². The van der Waals surface area contributed by atoms with Gasteiger partial charge in [-0.05, 0) is 24.7 Å². The van der Waals surface area contributed by atoms with Gasteiger partial charge in [-0.15, -0.1) is 0 Å². The Morgan fingerprint density at radius 1 is 1.33 bits per heavy atom. The molecule has 12 heavy (non-hydrogen) atoms. The van der Waals surface area contributed by atoms with Crippen LogP contribution in [0.25, 0.3) is 0 Å². The Kier molecular flexibility index (Phi) is 2.66. The van der Waals surface area contributed by atoms with E-state index in [1.807, 2.05) is 0 Å². The number of hydrogen-bond acceptors (Lipinski definition) is 1. The lowest BCUT2D eigenvalue weighted by atomic mass is 9.98. The maximum Gasteiger partial charge on any atom is 0.392 e. The van der Waals surface area contributed by atoms with E-state index in [0.29, 0.717) is 6.42 Å². The number of alkyl halides is 3. The summed E-state index contributed by atoms with van der Waals surface area (Å²) in [5.41, 5.74) is 0. The second kappa shape index (κ2) is 3.24. The average Bonchev–Trinajstić information content (AvgIpc) is 2.29. The van der Waals surface area contributed by atoms with Crippen LogP contribution in [0, 0.1) is 17.8 Å². The summed E-state index contributed by atoms with van der Waals surface area (Å²) in [6.45, 7) is 1.49. The summed E-state index contributed by atoms with van der Waals surface area (Å²) >= 11 is 0. The molecule has 0 spiro atoms. The molecular formula is C8H13F3O. The zero-order valence-corrected chi connectivity index (χ0v) is 6.93. The molecule has 0 aromatic heterocycles. The lowest BCUT2D eigenvalue weighted by Gasteiger charge is -2.18. The maximum absolute atomic E-state index is 12.2. The number of rotatable bonds is 1. The summed E-state index contributed by atoms with van der Waals surface area (Å²) in [4.78, 5) is 0. The zero-order chi connectivity index (χ0) is 9.35. The first-order chi connectivity index (χ1) is 5.45. The highest BCUT2D eigenvalue weighted by Gasteiger charge is 2.47. The van der Waals surface area contributed by atoms with Gasteiger partial charge in [0.2, 0.25) is 0 Å². The standard InChI is InChI=1S/C8H13F3O/c1-5-2-6(4-12)3-7(5)8(9,10)11/h5-7,12H,2-4H2,1H3/t5-,6+,7+/m1/s1. The van der Waals surface area contributed by atoms with Gasteiger partial charge in [0.25, 0.3) is 0 Å². The highest BCUT2D eigenvalue weighted by molar-refractivity contribution is 4.84. The molecule has 0 amide bonds. The zero-order valence-electron chi connectivity index (χ0n) is 6.93. The molecule has 0 unspecified atom stereocenters. The van der Waals surface area contributed by atoms with E-state index in [0.717, 1.165) is 0 Å². The fraction of sp³-hybridized carbons (Fsp3) is 1.00. The highest BCUT2D eigenvalue weighted by atomic mass is 19.4. The Morgan fingerprint density at radius 3 is 2.17 bits per heavy atom. The Balaban J connectivity index is 2.58. The van der Waals surface area contributed by atoms with Gasteiger partial charge in [0.15, 0.2) is 0 Å². The van der Waals surface area contributed by atoms with Crippen LogP contribution >= 0.6 is 0 Å². The van der Waals surface area contributed by atoms with E-state index in [2.05, 4.69) is 0 Å². The van der Waals surface area contributed by atoms with E-state index < -0.39 is 12.1 Å². The molecule has 1 nitrogen and oxygen atoms in total. The minimum Gasteiger partial charge on any atom is -0.396 e. The molecule has 0 radical (unpaired) electrons. The normalized spacial score (nSPS) is 37.2. The van der Waals surface area contributed by atoms with E-state index >= 15 is 0 Å². The van der Waals surface area contributed by atoms with Crippen molar-refractivity contribution >= 4 is 0 Å². The van der Waals surface area contributed by atoms with Crippen LogP contribution in [-0.4, -0.2) is 17.9 Å². The Labute approximate surface area is 69.6 Å². The van der Waals surface area contributed by atoms with Crippen molar-refractivity contribution in [2.24, 2.45) is 17.8 Å². The van der Waals surface area contributed by atoms with Crippen molar-refractivity contribution in [3.63, 3.8) is 0 Å².